The maximum Gasteiger partial charge on any atom is 0.373 e. The van der Waals surface area contributed by atoms with E-state index in [9.17, 15) is 0 Å². The molecule has 0 unspecified atom stereocenters. The van der Waals surface area contributed by atoms with Gasteiger partial charge in [0.25, 0.3) is 0 Å². The number of carbonyl (C=O) groups excluding carboxylic acids is 2. The topological polar surface area (TPSA) is 99.5 Å². The summed E-state index contributed by atoms with van der Waals surface area (Å²) in [6.45, 7) is 0. The molecule has 1 heterocycles. The first-order chi connectivity index (χ1) is 11.3. The van der Waals surface area contributed by atoms with Crippen LogP contribution in [0.15, 0.2) is 64.6 Å². The molecule has 1 aromatic heterocycles. The van der Waals surface area contributed by atoms with Crippen LogP contribution in [0.2, 0.25) is 0 Å². The van der Waals surface area contributed by atoms with Crippen LogP contribution in [-0.2, 0) is 9.59 Å². The van der Waals surface area contributed by atoms with Crippen molar-refractivity contribution in [2.45, 2.75) is 9.92 Å². The van der Waals surface area contributed by atoms with Gasteiger partial charge in [-0.1, -0.05) is 36.0 Å². The molecule has 0 atom stereocenters. The van der Waals surface area contributed by atoms with Crippen LogP contribution in [-0.4, -0.2) is 21.6 Å². The molecule has 0 fully saturated rings. The summed E-state index contributed by atoms with van der Waals surface area (Å²) >= 11 is 1.56. The Morgan fingerprint density at radius 3 is 2.00 bits per heavy atom. The number of aromatic amines is 1. The van der Waals surface area contributed by atoms with Crippen LogP contribution < -0.4 is 0 Å². The SMILES string of the molecule is N#Cc1ccc(-c2ccc(Sc3cn[nH]n3)cc2)cc1.O=C=O. The first-order valence-corrected chi connectivity index (χ1v) is 7.22. The summed E-state index contributed by atoms with van der Waals surface area (Å²) in [4.78, 5) is 17.4. The Morgan fingerprint density at radius 1 is 0.957 bits per heavy atom. The van der Waals surface area contributed by atoms with E-state index in [1.165, 1.54) is 0 Å². The summed E-state index contributed by atoms with van der Waals surface area (Å²) in [6.07, 6.45) is 1.94. The average Bonchev–Trinajstić information content (AvgIpc) is 3.09. The number of nitrogens with zero attached hydrogens (tertiary/aromatic N) is 3. The van der Waals surface area contributed by atoms with Gasteiger partial charge in [0.05, 0.1) is 17.8 Å². The number of benzene rings is 2. The van der Waals surface area contributed by atoms with E-state index in [0.29, 0.717) is 5.56 Å². The Hall–Kier alpha value is -3.20. The van der Waals surface area contributed by atoms with Crippen LogP contribution >= 0.6 is 11.8 Å². The van der Waals surface area contributed by atoms with Crippen LogP contribution in [0.5, 0.6) is 0 Å². The maximum absolute atomic E-state index is 8.79. The Labute approximate surface area is 136 Å². The van der Waals surface area contributed by atoms with Gasteiger partial charge < -0.3 is 0 Å². The monoisotopic (exact) mass is 322 g/mol. The van der Waals surface area contributed by atoms with Crippen molar-refractivity contribution in [2.75, 3.05) is 0 Å². The average molecular weight is 322 g/mol. The normalized spacial score (nSPS) is 9.17. The van der Waals surface area contributed by atoms with E-state index in [0.717, 1.165) is 21.0 Å². The van der Waals surface area contributed by atoms with E-state index >= 15 is 0 Å². The van der Waals surface area contributed by atoms with Gasteiger partial charge in [-0.3, -0.25) is 0 Å². The van der Waals surface area contributed by atoms with Gasteiger partial charge in [0.1, 0.15) is 5.03 Å². The molecule has 0 amide bonds. The first kappa shape index (κ1) is 16.2. The van der Waals surface area contributed by atoms with Gasteiger partial charge in [0.15, 0.2) is 0 Å². The third-order valence-electron chi connectivity index (χ3n) is 2.82. The fourth-order valence-electron chi connectivity index (χ4n) is 1.81. The lowest BCUT2D eigenvalue weighted by atomic mass is 10.0. The molecule has 0 saturated heterocycles. The summed E-state index contributed by atoms with van der Waals surface area (Å²) in [5, 5.41) is 20.0. The van der Waals surface area contributed by atoms with Crippen LogP contribution in [0.4, 0.5) is 0 Å². The lowest BCUT2D eigenvalue weighted by Crippen LogP contribution is -1.80. The highest BCUT2D eigenvalue weighted by atomic mass is 32.2. The van der Waals surface area contributed by atoms with Gasteiger partial charge >= 0.3 is 6.15 Å². The van der Waals surface area contributed by atoms with E-state index in [-0.39, 0.29) is 6.15 Å². The zero-order valence-electron chi connectivity index (χ0n) is 11.8. The second-order valence-electron chi connectivity index (χ2n) is 4.21. The third kappa shape index (κ3) is 4.64. The van der Waals surface area contributed by atoms with Crippen LogP contribution in [0.3, 0.4) is 0 Å². The summed E-state index contributed by atoms with van der Waals surface area (Å²) in [5.74, 6) is 0. The number of rotatable bonds is 3. The Bertz CT molecular complexity index is 816. The van der Waals surface area contributed by atoms with E-state index in [2.05, 4.69) is 33.6 Å². The summed E-state index contributed by atoms with van der Waals surface area (Å²) in [6, 6.07) is 17.9. The molecule has 0 radical (unpaired) electrons. The van der Waals surface area contributed by atoms with Gasteiger partial charge in [-0.15, -0.1) is 5.10 Å². The smallest absolute Gasteiger partial charge is 0.197 e. The third-order valence-corrected chi connectivity index (χ3v) is 3.73. The number of hydrogen-bond acceptors (Lipinski definition) is 6. The molecule has 6 nitrogen and oxygen atoms in total. The van der Waals surface area contributed by atoms with Crippen molar-refractivity contribution in [1.82, 2.24) is 15.4 Å². The Balaban J connectivity index is 0.000000595. The molecule has 2 aromatic carbocycles. The van der Waals surface area contributed by atoms with Gasteiger partial charge in [-0.05, 0) is 35.4 Å². The first-order valence-electron chi connectivity index (χ1n) is 6.40. The summed E-state index contributed by atoms with van der Waals surface area (Å²) in [5.41, 5.74) is 2.90. The summed E-state index contributed by atoms with van der Waals surface area (Å²) < 4.78 is 0. The molecule has 0 spiro atoms. The van der Waals surface area contributed by atoms with Crippen molar-refractivity contribution in [1.29, 1.82) is 5.26 Å². The second kappa shape index (κ2) is 8.29. The van der Waals surface area contributed by atoms with Crippen LogP contribution in [0, 0.1) is 11.3 Å². The number of nitriles is 1. The minimum atomic E-state index is 0.250. The van der Waals surface area contributed by atoms with Crippen molar-refractivity contribution in [3.05, 3.63) is 60.3 Å². The zero-order valence-corrected chi connectivity index (χ0v) is 12.6. The standard InChI is InChI=1S/C15H10N4S.CO2/c16-9-11-1-3-12(4-2-11)13-5-7-14(8-6-13)20-15-10-17-19-18-15;2-1-3/h1-8,10H,(H,17,18,19);. The van der Waals surface area contributed by atoms with Gasteiger partial charge in [0, 0.05) is 4.90 Å². The largest absolute Gasteiger partial charge is 0.373 e. The summed E-state index contributed by atoms with van der Waals surface area (Å²) in [7, 11) is 0. The molecular formula is C16H10N4O2S. The molecule has 0 aliphatic carbocycles. The molecule has 0 saturated carbocycles. The van der Waals surface area contributed by atoms with Gasteiger partial charge in [-0.25, -0.2) is 0 Å². The van der Waals surface area contributed by atoms with Crippen molar-refractivity contribution < 1.29 is 9.59 Å². The van der Waals surface area contributed by atoms with Gasteiger partial charge in [0.2, 0.25) is 0 Å². The van der Waals surface area contributed by atoms with E-state index in [1.807, 2.05) is 36.4 Å². The van der Waals surface area contributed by atoms with Crippen molar-refractivity contribution >= 4 is 17.9 Å². The molecule has 112 valence electrons. The molecule has 3 aromatic rings. The number of H-pyrrole nitrogens is 1. The molecule has 23 heavy (non-hydrogen) atoms. The lowest BCUT2D eigenvalue weighted by Gasteiger charge is -2.03. The fraction of sp³-hybridized carbons (Fsp3) is 0. The maximum atomic E-state index is 8.79. The minimum Gasteiger partial charge on any atom is -0.197 e. The van der Waals surface area contributed by atoms with Crippen LogP contribution in [0.25, 0.3) is 11.1 Å². The molecule has 0 aliphatic heterocycles. The van der Waals surface area contributed by atoms with Crippen molar-refractivity contribution in [3.8, 4) is 17.2 Å². The fourth-order valence-corrected chi connectivity index (χ4v) is 2.52. The van der Waals surface area contributed by atoms with Crippen molar-refractivity contribution in [3.63, 3.8) is 0 Å². The predicted octanol–water partition coefficient (Wildman–Crippen LogP) is 2.91. The quantitative estimate of drug-likeness (QED) is 0.796. The van der Waals surface area contributed by atoms with Gasteiger partial charge in [-0.2, -0.15) is 25.2 Å². The number of hydrogen-bond donors (Lipinski definition) is 1. The predicted molar refractivity (Wildman–Crippen MR) is 82.1 cm³/mol. The lowest BCUT2D eigenvalue weighted by molar-refractivity contribution is -0.191. The molecule has 3 rings (SSSR count). The zero-order chi connectivity index (χ0) is 16.5. The highest BCUT2D eigenvalue weighted by Gasteiger charge is 2.02. The van der Waals surface area contributed by atoms with E-state index in [4.69, 9.17) is 14.9 Å². The molecule has 0 aliphatic rings. The highest BCUT2D eigenvalue weighted by Crippen LogP contribution is 2.28. The van der Waals surface area contributed by atoms with E-state index < -0.39 is 0 Å². The molecular weight excluding hydrogens is 312 g/mol. The number of aromatic nitrogens is 3. The molecule has 7 heteroatoms. The van der Waals surface area contributed by atoms with Crippen molar-refractivity contribution in [2.24, 2.45) is 0 Å². The second-order valence-corrected chi connectivity index (χ2v) is 5.30. The molecule has 1 N–H and O–H groups in total. The minimum absolute atomic E-state index is 0.250. The highest BCUT2D eigenvalue weighted by molar-refractivity contribution is 7.99. The number of nitrogens with one attached hydrogen (secondary N) is 1. The van der Waals surface area contributed by atoms with E-state index in [1.54, 1.807) is 18.0 Å². The van der Waals surface area contributed by atoms with Crippen LogP contribution in [0.1, 0.15) is 5.56 Å². The Kier molecular flexibility index (Phi) is 5.83. The molecule has 0 bridgehead atoms. The Morgan fingerprint density at radius 2 is 1.52 bits per heavy atom.